The average Bonchev–Trinajstić information content (AvgIpc) is 2.76. The molecule has 0 saturated heterocycles. The molecule has 2 aromatic carbocycles. The summed E-state index contributed by atoms with van der Waals surface area (Å²) >= 11 is 0. The Hall–Kier alpha value is -2.34. The topological polar surface area (TPSA) is 72.0 Å². The van der Waals surface area contributed by atoms with Gasteiger partial charge in [0.05, 0.1) is 19.3 Å². The van der Waals surface area contributed by atoms with E-state index in [4.69, 9.17) is 0 Å². The predicted octanol–water partition coefficient (Wildman–Crippen LogP) is 4.08. The lowest BCUT2D eigenvalue weighted by Crippen LogP contribution is -2.37. The lowest BCUT2D eigenvalue weighted by molar-refractivity contribution is -0.176. The summed E-state index contributed by atoms with van der Waals surface area (Å²) in [6.45, 7) is -0.186. The molecule has 0 fully saturated rings. The van der Waals surface area contributed by atoms with Gasteiger partial charge in [0.1, 0.15) is 6.61 Å². The molecule has 0 aromatic heterocycles. The quantitative estimate of drug-likeness (QED) is 0.208. The van der Waals surface area contributed by atoms with E-state index in [2.05, 4.69) is 25.1 Å². The first-order chi connectivity index (χ1) is 14.8. The van der Waals surface area contributed by atoms with Crippen LogP contribution < -0.4 is 10.6 Å². The van der Waals surface area contributed by atoms with Crippen molar-refractivity contribution in [3.8, 4) is 0 Å². The number of ether oxygens (including phenoxy) is 2. The number of guanidine groups is 1. The summed E-state index contributed by atoms with van der Waals surface area (Å²) in [6.07, 6.45) is -3.58. The molecule has 0 aliphatic rings. The molecule has 0 amide bonds. The first kappa shape index (κ1) is 27.7. The van der Waals surface area contributed by atoms with E-state index in [1.54, 1.807) is 31.3 Å². The number of benzene rings is 2. The van der Waals surface area contributed by atoms with Gasteiger partial charge < -0.3 is 20.1 Å². The van der Waals surface area contributed by atoms with Crippen LogP contribution in [0.2, 0.25) is 0 Å². The van der Waals surface area contributed by atoms with E-state index >= 15 is 0 Å². The molecule has 0 aliphatic carbocycles. The van der Waals surface area contributed by atoms with E-state index in [-0.39, 0.29) is 36.6 Å². The average molecular weight is 565 g/mol. The maximum absolute atomic E-state index is 12.1. The van der Waals surface area contributed by atoms with Crippen LogP contribution in [-0.2, 0) is 29.0 Å². The van der Waals surface area contributed by atoms with E-state index in [0.29, 0.717) is 30.2 Å². The van der Waals surface area contributed by atoms with E-state index in [9.17, 15) is 18.0 Å². The first-order valence-electron chi connectivity index (χ1n) is 9.65. The fraction of sp³-hybridized carbons (Fsp3) is 0.364. The molecule has 2 N–H and O–H groups in total. The van der Waals surface area contributed by atoms with Gasteiger partial charge in [0.25, 0.3) is 0 Å². The number of alkyl halides is 3. The van der Waals surface area contributed by atoms with Crippen LogP contribution in [0, 0.1) is 0 Å². The van der Waals surface area contributed by atoms with Crippen LogP contribution in [0.25, 0.3) is 0 Å². The highest BCUT2D eigenvalue weighted by Gasteiger charge is 2.27. The molecule has 0 atom stereocenters. The van der Waals surface area contributed by atoms with Crippen molar-refractivity contribution in [3.63, 3.8) is 0 Å². The van der Waals surface area contributed by atoms with Crippen LogP contribution in [0.4, 0.5) is 13.2 Å². The second-order valence-electron chi connectivity index (χ2n) is 6.72. The molecule has 0 heterocycles. The van der Waals surface area contributed by atoms with Crippen LogP contribution in [0.3, 0.4) is 0 Å². The molecule has 0 radical (unpaired) electrons. The second-order valence-corrected chi connectivity index (χ2v) is 6.72. The number of nitrogens with zero attached hydrogens (tertiary/aromatic N) is 1. The Morgan fingerprint density at radius 1 is 0.969 bits per heavy atom. The third-order valence-electron chi connectivity index (χ3n) is 4.32. The first-order valence-corrected chi connectivity index (χ1v) is 9.65. The number of hydrogen-bond acceptors (Lipinski definition) is 4. The summed E-state index contributed by atoms with van der Waals surface area (Å²) in [5, 5.41) is 6.39. The zero-order valence-electron chi connectivity index (χ0n) is 17.9. The van der Waals surface area contributed by atoms with Gasteiger partial charge in [-0.1, -0.05) is 36.4 Å². The number of nitrogens with one attached hydrogen (secondary N) is 2. The zero-order valence-corrected chi connectivity index (χ0v) is 20.2. The lowest BCUT2D eigenvalue weighted by atomic mass is 10.1. The maximum atomic E-state index is 12.1. The molecule has 2 rings (SSSR count). The molecule has 0 unspecified atom stereocenters. The Labute approximate surface area is 202 Å². The number of carbonyl (C=O) groups is 1. The normalized spacial score (nSPS) is 11.5. The Bertz CT molecular complexity index is 857. The molecular formula is C22H27F3IN3O3. The van der Waals surface area contributed by atoms with Crippen LogP contribution >= 0.6 is 24.0 Å². The highest BCUT2D eigenvalue weighted by atomic mass is 127. The van der Waals surface area contributed by atoms with Crippen LogP contribution in [-0.4, -0.2) is 45.4 Å². The van der Waals surface area contributed by atoms with Crippen molar-refractivity contribution in [3.05, 3.63) is 70.8 Å². The number of carbonyl (C=O) groups excluding carboxylic acids is 1. The summed E-state index contributed by atoms with van der Waals surface area (Å²) in [6, 6.07) is 14.3. The lowest BCUT2D eigenvalue weighted by Gasteiger charge is -2.12. The largest absolute Gasteiger partial charge is 0.465 e. The molecule has 0 saturated carbocycles. The molecule has 6 nitrogen and oxygen atoms in total. The zero-order chi connectivity index (χ0) is 22.7. The molecule has 0 aliphatic heterocycles. The van der Waals surface area contributed by atoms with Gasteiger partial charge >= 0.3 is 12.1 Å². The minimum atomic E-state index is -4.32. The van der Waals surface area contributed by atoms with Crippen LogP contribution in [0.15, 0.2) is 53.5 Å². The van der Waals surface area contributed by atoms with E-state index in [0.717, 1.165) is 17.5 Å². The van der Waals surface area contributed by atoms with Crippen molar-refractivity contribution in [2.24, 2.45) is 4.99 Å². The van der Waals surface area contributed by atoms with Crippen molar-refractivity contribution in [1.29, 1.82) is 0 Å². The summed E-state index contributed by atoms with van der Waals surface area (Å²) in [4.78, 5) is 15.6. The molecule has 0 spiro atoms. The Kier molecular flexibility index (Phi) is 12.1. The van der Waals surface area contributed by atoms with Crippen molar-refractivity contribution in [1.82, 2.24) is 10.6 Å². The minimum absolute atomic E-state index is 0. The van der Waals surface area contributed by atoms with E-state index in [1.807, 2.05) is 24.3 Å². The number of hydrogen-bond donors (Lipinski definition) is 2. The Morgan fingerprint density at radius 2 is 1.56 bits per heavy atom. The van der Waals surface area contributed by atoms with Gasteiger partial charge in [-0.15, -0.1) is 24.0 Å². The third-order valence-corrected chi connectivity index (χ3v) is 4.32. The molecule has 2 aromatic rings. The van der Waals surface area contributed by atoms with Gasteiger partial charge in [0, 0.05) is 20.1 Å². The van der Waals surface area contributed by atoms with Crippen LogP contribution in [0.1, 0.15) is 27.0 Å². The predicted molar refractivity (Wildman–Crippen MR) is 127 cm³/mol. The Morgan fingerprint density at radius 3 is 2.12 bits per heavy atom. The highest BCUT2D eigenvalue weighted by molar-refractivity contribution is 14.0. The number of aliphatic imine (C=N–C) groups is 1. The van der Waals surface area contributed by atoms with Gasteiger partial charge in [0.15, 0.2) is 5.96 Å². The van der Waals surface area contributed by atoms with Gasteiger partial charge in [-0.25, -0.2) is 4.79 Å². The number of esters is 1. The Balaban J connectivity index is 0.00000512. The number of methoxy groups -OCH3 is 1. The second kappa shape index (κ2) is 13.9. The highest BCUT2D eigenvalue weighted by Crippen LogP contribution is 2.15. The van der Waals surface area contributed by atoms with Crippen LogP contribution in [0.5, 0.6) is 0 Å². The van der Waals surface area contributed by atoms with Gasteiger partial charge in [-0.05, 0) is 35.2 Å². The SMILES string of the molecule is CN=C(NCCc1ccc(C(=O)OC)cc1)NCc1ccc(COCC(F)(F)F)cc1.I. The smallest absolute Gasteiger partial charge is 0.411 e. The molecule has 32 heavy (non-hydrogen) atoms. The molecular weight excluding hydrogens is 538 g/mol. The minimum Gasteiger partial charge on any atom is -0.465 e. The fourth-order valence-corrected chi connectivity index (χ4v) is 2.69. The summed E-state index contributed by atoms with van der Waals surface area (Å²) < 4.78 is 45.7. The third kappa shape index (κ3) is 10.3. The van der Waals surface area contributed by atoms with E-state index in [1.165, 1.54) is 7.11 Å². The summed E-state index contributed by atoms with van der Waals surface area (Å²) in [5.41, 5.74) is 3.21. The molecule has 10 heteroatoms. The van der Waals surface area contributed by atoms with Crippen molar-refractivity contribution in [2.75, 3.05) is 27.3 Å². The fourth-order valence-electron chi connectivity index (χ4n) is 2.69. The van der Waals surface area contributed by atoms with Gasteiger partial charge in [-0.3, -0.25) is 4.99 Å². The monoisotopic (exact) mass is 565 g/mol. The molecule has 176 valence electrons. The van der Waals surface area contributed by atoms with Gasteiger partial charge in [0.2, 0.25) is 0 Å². The van der Waals surface area contributed by atoms with Gasteiger partial charge in [-0.2, -0.15) is 13.2 Å². The van der Waals surface area contributed by atoms with Crippen molar-refractivity contribution >= 4 is 35.9 Å². The maximum Gasteiger partial charge on any atom is 0.411 e. The van der Waals surface area contributed by atoms with E-state index < -0.39 is 12.8 Å². The number of rotatable bonds is 9. The number of halogens is 4. The van der Waals surface area contributed by atoms with Crippen molar-refractivity contribution < 1.29 is 27.4 Å². The van der Waals surface area contributed by atoms with Crippen molar-refractivity contribution in [2.45, 2.75) is 25.7 Å². The summed E-state index contributed by atoms with van der Waals surface area (Å²) in [7, 11) is 3.02. The molecule has 0 bridgehead atoms. The standard InChI is InChI=1S/C22H26F3N3O3.HI/c1-26-21(27-12-11-16-7-9-19(10-8-16)20(29)30-2)28-13-17-3-5-18(6-4-17)14-31-15-22(23,24)25;/h3-10H,11-15H2,1-2H3,(H2,26,27,28);1H. The summed E-state index contributed by atoms with van der Waals surface area (Å²) in [5.74, 6) is 0.264.